The molecule has 2 saturated carbocycles. The Hall–Kier alpha value is -2.57. The van der Waals surface area contributed by atoms with Crippen LogP contribution >= 0.6 is 0 Å². The zero-order valence-corrected chi connectivity index (χ0v) is 12.5. The predicted octanol–water partition coefficient (Wildman–Crippen LogP) is 1.56. The van der Waals surface area contributed by atoms with Crippen LogP contribution in [0.25, 0.3) is 0 Å². The summed E-state index contributed by atoms with van der Waals surface area (Å²) in [7, 11) is 0. The Morgan fingerprint density at radius 3 is 2.43 bits per heavy atom. The number of hydrogen-bond donors (Lipinski definition) is 4. The van der Waals surface area contributed by atoms with Gasteiger partial charge in [0.1, 0.15) is 0 Å². The van der Waals surface area contributed by atoms with Gasteiger partial charge in [0.05, 0.1) is 5.92 Å². The third-order valence-electron chi connectivity index (χ3n) is 4.12. The van der Waals surface area contributed by atoms with Crippen molar-refractivity contribution in [1.82, 2.24) is 10.6 Å². The van der Waals surface area contributed by atoms with Crippen molar-refractivity contribution in [3.8, 4) is 0 Å². The van der Waals surface area contributed by atoms with Gasteiger partial charge in [-0.1, -0.05) is 6.07 Å². The van der Waals surface area contributed by atoms with Crippen molar-refractivity contribution < 1.29 is 19.5 Å². The first-order chi connectivity index (χ1) is 11.0. The average Bonchev–Trinajstić information content (AvgIpc) is 3.25. The second-order valence-electron chi connectivity index (χ2n) is 6.13. The minimum atomic E-state index is -0.816. The van der Waals surface area contributed by atoms with Gasteiger partial charge in [0.25, 0.3) is 5.91 Å². The number of carbonyl (C=O) groups excluding carboxylic acids is 2. The Kier molecular flexibility index (Phi) is 4.18. The highest BCUT2D eigenvalue weighted by molar-refractivity contribution is 5.97. The summed E-state index contributed by atoms with van der Waals surface area (Å²) in [6, 6.07) is 6.58. The molecular formula is C16H19N3O4. The van der Waals surface area contributed by atoms with Crippen molar-refractivity contribution in [3.05, 3.63) is 29.8 Å². The van der Waals surface area contributed by atoms with Crippen LogP contribution in [0, 0.1) is 5.92 Å². The predicted molar refractivity (Wildman–Crippen MR) is 83.2 cm³/mol. The molecule has 1 aromatic rings. The molecule has 3 amide bonds. The van der Waals surface area contributed by atoms with Crippen molar-refractivity contribution in [1.29, 1.82) is 0 Å². The van der Waals surface area contributed by atoms with Gasteiger partial charge >= 0.3 is 12.0 Å². The SMILES string of the molecule is O=C(Nc1cccc(C(=O)NC2CC(C(=O)O)C2)c1)NC1CC1. The van der Waals surface area contributed by atoms with Crippen LogP contribution in [-0.4, -0.2) is 35.1 Å². The zero-order chi connectivity index (χ0) is 16.4. The van der Waals surface area contributed by atoms with Crippen LogP contribution in [0.3, 0.4) is 0 Å². The molecule has 3 rings (SSSR count). The molecule has 0 saturated heterocycles. The van der Waals surface area contributed by atoms with Gasteiger partial charge in [-0.2, -0.15) is 0 Å². The van der Waals surface area contributed by atoms with E-state index >= 15 is 0 Å². The first-order valence-electron chi connectivity index (χ1n) is 7.72. The number of urea groups is 1. The smallest absolute Gasteiger partial charge is 0.319 e. The number of nitrogens with one attached hydrogen (secondary N) is 3. The highest BCUT2D eigenvalue weighted by atomic mass is 16.4. The van der Waals surface area contributed by atoms with E-state index in [0.29, 0.717) is 24.1 Å². The summed E-state index contributed by atoms with van der Waals surface area (Å²) in [6.07, 6.45) is 2.94. The number of carboxylic acid groups (broad SMARTS) is 1. The van der Waals surface area contributed by atoms with E-state index < -0.39 is 5.97 Å². The van der Waals surface area contributed by atoms with Gasteiger partial charge in [0.15, 0.2) is 0 Å². The third kappa shape index (κ3) is 4.00. The molecule has 23 heavy (non-hydrogen) atoms. The molecule has 0 heterocycles. The van der Waals surface area contributed by atoms with Crippen molar-refractivity contribution in [2.45, 2.75) is 37.8 Å². The Morgan fingerprint density at radius 2 is 1.78 bits per heavy atom. The van der Waals surface area contributed by atoms with E-state index in [9.17, 15) is 14.4 Å². The van der Waals surface area contributed by atoms with E-state index in [4.69, 9.17) is 5.11 Å². The van der Waals surface area contributed by atoms with Crippen LogP contribution in [-0.2, 0) is 4.79 Å². The molecule has 2 aliphatic carbocycles. The molecule has 0 unspecified atom stereocenters. The number of hydrogen-bond acceptors (Lipinski definition) is 3. The number of rotatable bonds is 5. The molecule has 0 aliphatic heterocycles. The second-order valence-corrected chi connectivity index (χ2v) is 6.13. The van der Waals surface area contributed by atoms with Crippen molar-refractivity contribution in [2.24, 2.45) is 5.92 Å². The van der Waals surface area contributed by atoms with E-state index in [2.05, 4.69) is 16.0 Å². The van der Waals surface area contributed by atoms with E-state index in [0.717, 1.165) is 12.8 Å². The van der Waals surface area contributed by atoms with Gasteiger partial charge in [-0.25, -0.2) is 4.79 Å². The van der Waals surface area contributed by atoms with Gasteiger partial charge in [-0.15, -0.1) is 0 Å². The lowest BCUT2D eigenvalue weighted by Crippen LogP contribution is -2.46. The number of amides is 3. The molecule has 122 valence electrons. The van der Waals surface area contributed by atoms with E-state index in [-0.39, 0.29) is 29.9 Å². The Bertz CT molecular complexity index is 636. The highest BCUT2D eigenvalue weighted by Gasteiger charge is 2.35. The minimum absolute atomic E-state index is 0.0987. The molecule has 7 nitrogen and oxygen atoms in total. The molecule has 0 bridgehead atoms. The molecular weight excluding hydrogens is 298 g/mol. The Morgan fingerprint density at radius 1 is 1.04 bits per heavy atom. The average molecular weight is 317 g/mol. The fourth-order valence-electron chi connectivity index (χ4n) is 2.52. The maximum atomic E-state index is 12.2. The molecule has 4 N–H and O–H groups in total. The molecule has 7 heteroatoms. The normalized spacial score (nSPS) is 22.6. The number of carbonyl (C=O) groups is 3. The molecule has 0 radical (unpaired) electrons. The van der Waals surface area contributed by atoms with Gasteiger partial charge in [0, 0.05) is 23.3 Å². The first kappa shape index (κ1) is 15.3. The van der Waals surface area contributed by atoms with Gasteiger partial charge in [-0.3, -0.25) is 9.59 Å². The maximum absolute atomic E-state index is 12.2. The van der Waals surface area contributed by atoms with Gasteiger partial charge in [-0.05, 0) is 43.9 Å². The van der Waals surface area contributed by atoms with Crippen molar-refractivity contribution in [3.63, 3.8) is 0 Å². The maximum Gasteiger partial charge on any atom is 0.319 e. The van der Waals surface area contributed by atoms with Gasteiger partial charge in [0.2, 0.25) is 0 Å². The molecule has 2 aliphatic rings. The fourth-order valence-corrected chi connectivity index (χ4v) is 2.52. The second kappa shape index (κ2) is 6.28. The molecule has 0 atom stereocenters. The minimum Gasteiger partial charge on any atom is -0.481 e. The zero-order valence-electron chi connectivity index (χ0n) is 12.5. The summed E-state index contributed by atoms with van der Waals surface area (Å²) < 4.78 is 0. The highest BCUT2D eigenvalue weighted by Crippen LogP contribution is 2.27. The molecule has 0 spiro atoms. The lowest BCUT2D eigenvalue weighted by Gasteiger charge is -2.32. The van der Waals surface area contributed by atoms with Crippen molar-refractivity contribution in [2.75, 3.05) is 5.32 Å². The van der Waals surface area contributed by atoms with E-state index in [1.165, 1.54) is 0 Å². The van der Waals surface area contributed by atoms with Crippen molar-refractivity contribution >= 4 is 23.6 Å². The third-order valence-corrected chi connectivity index (χ3v) is 4.12. The lowest BCUT2D eigenvalue weighted by atomic mass is 9.80. The summed E-state index contributed by atoms with van der Waals surface area (Å²) >= 11 is 0. The van der Waals surface area contributed by atoms with Crippen LogP contribution in [0.5, 0.6) is 0 Å². The van der Waals surface area contributed by atoms with Crippen LogP contribution in [0.4, 0.5) is 10.5 Å². The lowest BCUT2D eigenvalue weighted by molar-refractivity contribution is -0.145. The van der Waals surface area contributed by atoms with Crippen LogP contribution in [0.15, 0.2) is 24.3 Å². The van der Waals surface area contributed by atoms with Gasteiger partial charge < -0.3 is 21.1 Å². The summed E-state index contributed by atoms with van der Waals surface area (Å²) in [5.41, 5.74) is 0.987. The molecule has 1 aromatic carbocycles. The number of benzene rings is 1. The summed E-state index contributed by atoms with van der Waals surface area (Å²) in [5.74, 6) is -1.44. The Labute approximate surface area is 133 Å². The van der Waals surface area contributed by atoms with E-state index in [1.54, 1.807) is 24.3 Å². The van der Waals surface area contributed by atoms with Crippen LogP contribution < -0.4 is 16.0 Å². The van der Waals surface area contributed by atoms with Crippen LogP contribution in [0.2, 0.25) is 0 Å². The standard InChI is InChI=1S/C16H19N3O4/c20-14(17-13-7-10(8-13)15(21)22)9-2-1-3-12(6-9)19-16(23)18-11-4-5-11/h1-3,6,10-11,13H,4-5,7-8H2,(H,17,20)(H,21,22)(H2,18,19,23). The van der Waals surface area contributed by atoms with E-state index in [1.807, 2.05) is 0 Å². The number of carboxylic acids is 1. The topological polar surface area (TPSA) is 108 Å². The number of anilines is 1. The summed E-state index contributed by atoms with van der Waals surface area (Å²) in [5, 5.41) is 17.2. The van der Waals surface area contributed by atoms with Crippen LogP contribution in [0.1, 0.15) is 36.0 Å². The molecule has 0 aromatic heterocycles. The largest absolute Gasteiger partial charge is 0.481 e. The fraction of sp³-hybridized carbons (Fsp3) is 0.438. The number of aliphatic carboxylic acids is 1. The monoisotopic (exact) mass is 317 g/mol. The summed E-state index contributed by atoms with van der Waals surface area (Å²) in [4.78, 5) is 34.6. The summed E-state index contributed by atoms with van der Waals surface area (Å²) in [6.45, 7) is 0. The Balaban J connectivity index is 1.53. The quantitative estimate of drug-likeness (QED) is 0.661. The first-order valence-corrected chi connectivity index (χ1v) is 7.72. The molecule has 2 fully saturated rings.